The molecule has 1 fully saturated rings. The number of hydrogen-bond acceptors (Lipinski definition) is 3. The van der Waals surface area contributed by atoms with Crippen molar-refractivity contribution >= 4 is 11.7 Å². The minimum atomic E-state index is -0.450. The summed E-state index contributed by atoms with van der Waals surface area (Å²) in [6, 6.07) is 4.22. The minimum Gasteiger partial charge on any atom is -0.469 e. The topological polar surface area (TPSA) is 52.3 Å². The van der Waals surface area contributed by atoms with Crippen molar-refractivity contribution in [3.63, 3.8) is 0 Å². The molecule has 1 aliphatic rings. The molecule has 20 heavy (non-hydrogen) atoms. The quantitative estimate of drug-likeness (QED) is 0.522. The van der Waals surface area contributed by atoms with Gasteiger partial charge in [-0.1, -0.05) is 25.7 Å². The van der Waals surface area contributed by atoms with Gasteiger partial charge in [-0.2, -0.15) is 0 Å². The van der Waals surface area contributed by atoms with Crippen LogP contribution < -0.4 is 5.73 Å². The van der Waals surface area contributed by atoms with Crippen LogP contribution in [0, 0.1) is 11.7 Å². The van der Waals surface area contributed by atoms with Crippen LogP contribution in [0.2, 0.25) is 0 Å². The number of halogens is 1. The molecule has 1 saturated carbocycles. The summed E-state index contributed by atoms with van der Waals surface area (Å²) in [5.74, 6) is -0.936. The predicted octanol–water partition coefficient (Wildman–Crippen LogP) is 3.63. The summed E-state index contributed by atoms with van der Waals surface area (Å²) in [6.45, 7) is 0. The molecule has 1 unspecified atom stereocenters. The molecule has 3 nitrogen and oxygen atoms in total. The lowest BCUT2D eigenvalue weighted by Crippen LogP contribution is -2.24. The van der Waals surface area contributed by atoms with Crippen LogP contribution in [0.4, 0.5) is 10.1 Å². The van der Waals surface area contributed by atoms with E-state index >= 15 is 0 Å². The molecular weight excluding hydrogens is 257 g/mol. The van der Waals surface area contributed by atoms with Gasteiger partial charge < -0.3 is 10.5 Å². The summed E-state index contributed by atoms with van der Waals surface area (Å²) in [4.78, 5) is 12.2. The fraction of sp³-hybridized carbons (Fsp3) is 0.562. The lowest BCUT2D eigenvalue weighted by molar-refractivity contribution is -0.144. The Balaban J connectivity index is 2.35. The highest BCUT2D eigenvalue weighted by atomic mass is 19.1. The van der Waals surface area contributed by atoms with E-state index in [1.165, 1.54) is 38.2 Å². The molecule has 0 spiro atoms. The zero-order valence-corrected chi connectivity index (χ0v) is 11.9. The Morgan fingerprint density at radius 3 is 2.55 bits per heavy atom. The van der Waals surface area contributed by atoms with Crippen LogP contribution in [0.5, 0.6) is 0 Å². The van der Waals surface area contributed by atoms with Crippen molar-refractivity contribution in [3.8, 4) is 0 Å². The van der Waals surface area contributed by atoms with Crippen molar-refractivity contribution in [1.82, 2.24) is 0 Å². The zero-order valence-electron chi connectivity index (χ0n) is 11.9. The Morgan fingerprint density at radius 1 is 1.30 bits per heavy atom. The third-order valence-corrected chi connectivity index (χ3v) is 4.21. The van der Waals surface area contributed by atoms with Gasteiger partial charge in [0.1, 0.15) is 5.82 Å². The first kappa shape index (κ1) is 14.8. The average Bonchev–Trinajstić information content (AvgIpc) is 2.72. The van der Waals surface area contributed by atoms with Crippen LogP contribution in [-0.2, 0) is 9.53 Å². The van der Waals surface area contributed by atoms with Crippen LogP contribution in [0.3, 0.4) is 0 Å². The number of rotatable bonds is 3. The van der Waals surface area contributed by atoms with Crippen LogP contribution in [0.1, 0.15) is 50.0 Å². The molecule has 1 aromatic carbocycles. The molecule has 1 aliphatic carbocycles. The van der Waals surface area contributed by atoms with Crippen LogP contribution in [0.15, 0.2) is 18.2 Å². The SMILES string of the molecule is COC(=O)C(c1cc(F)ccc1N)C1CCCCCC1. The van der Waals surface area contributed by atoms with Gasteiger partial charge in [0.15, 0.2) is 0 Å². The molecule has 0 amide bonds. The fourth-order valence-electron chi connectivity index (χ4n) is 3.16. The van der Waals surface area contributed by atoms with Crippen LogP contribution >= 0.6 is 0 Å². The Labute approximate surface area is 119 Å². The molecular formula is C16H22FNO2. The second kappa shape index (κ2) is 6.73. The molecule has 0 bridgehead atoms. The van der Waals surface area contributed by atoms with E-state index in [1.54, 1.807) is 0 Å². The molecule has 0 aliphatic heterocycles. The average molecular weight is 279 g/mol. The Hall–Kier alpha value is -1.58. The third-order valence-electron chi connectivity index (χ3n) is 4.21. The summed E-state index contributed by atoms with van der Waals surface area (Å²) in [5, 5.41) is 0. The maximum Gasteiger partial charge on any atom is 0.313 e. The number of nitrogens with two attached hydrogens (primary N) is 1. The first-order chi connectivity index (χ1) is 9.63. The summed E-state index contributed by atoms with van der Waals surface area (Å²) in [7, 11) is 1.38. The number of anilines is 1. The Bertz CT molecular complexity index is 468. The van der Waals surface area contributed by atoms with Crippen molar-refractivity contribution in [2.45, 2.75) is 44.4 Å². The first-order valence-electron chi connectivity index (χ1n) is 7.26. The lowest BCUT2D eigenvalue weighted by atomic mass is 9.80. The molecule has 0 heterocycles. The van der Waals surface area contributed by atoms with E-state index < -0.39 is 5.92 Å². The zero-order chi connectivity index (χ0) is 14.5. The molecule has 1 aromatic rings. The molecule has 1 atom stereocenters. The van der Waals surface area contributed by atoms with Gasteiger partial charge in [-0.05, 0) is 42.5 Å². The number of benzene rings is 1. The van der Waals surface area contributed by atoms with Crippen molar-refractivity contribution in [2.75, 3.05) is 12.8 Å². The van der Waals surface area contributed by atoms with E-state index in [2.05, 4.69) is 0 Å². The normalized spacial score (nSPS) is 18.3. The predicted molar refractivity (Wildman–Crippen MR) is 76.8 cm³/mol. The molecule has 0 radical (unpaired) electrons. The summed E-state index contributed by atoms with van der Waals surface area (Å²) in [5.41, 5.74) is 6.99. The second-order valence-corrected chi connectivity index (χ2v) is 5.53. The van der Waals surface area contributed by atoms with Gasteiger partial charge in [-0.3, -0.25) is 4.79 Å². The number of nitrogen functional groups attached to an aromatic ring is 1. The maximum absolute atomic E-state index is 13.5. The van der Waals surface area contributed by atoms with Gasteiger partial charge in [-0.15, -0.1) is 0 Å². The molecule has 4 heteroatoms. The Kier molecular flexibility index (Phi) is 4.99. The molecule has 2 rings (SSSR count). The van der Waals surface area contributed by atoms with E-state index in [9.17, 15) is 9.18 Å². The van der Waals surface area contributed by atoms with E-state index in [1.807, 2.05) is 0 Å². The molecule has 0 aromatic heterocycles. The van der Waals surface area contributed by atoms with Gasteiger partial charge in [0.05, 0.1) is 13.0 Å². The number of carbonyl (C=O) groups excluding carboxylic acids is 1. The van der Waals surface area contributed by atoms with E-state index in [0.29, 0.717) is 11.3 Å². The van der Waals surface area contributed by atoms with Gasteiger partial charge in [0, 0.05) is 5.69 Å². The highest BCUT2D eigenvalue weighted by Crippen LogP contribution is 2.38. The maximum atomic E-state index is 13.5. The highest BCUT2D eigenvalue weighted by Gasteiger charge is 2.32. The highest BCUT2D eigenvalue weighted by molar-refractivity contribution is 5.80. The van der Waals surface area contributed by atoms with Crippen molar-refractivity contribution < 1.29 is 13.9 Å². The molecule has 0 saturated heterocycles. The number of esters is 1. The largest absolute Gasteiger partial charge is 0.469 e. The number of methoxy groups -OCH3 is 1. The third kappa shape index (κ3) is 3.30. The minimum absolute atomic E-state index is 0.189. The van der Waals surface area contributed by atoms with E-state index in [0.717, 1.165) is 25.7 Å². The van der Waals surface area contributed by atoms with E-state index in [4.69, 9.17) is 10.5 Å². The standard InChI is InChI=1S/C16H22FNO2/c1-20-16(19)15(11-6-4-2-3-5-7-11)13-10-12(17)8-9-14(13)18/h8-11,15H,2-7,18H2,1H3. The second-order valence-electron chi connectivity index (χ2n) is 5.53. The summed E-state index contributed by atoms with van der Waals surface area (Å²) >= 11 is 0. The van der Waals surface area contributed by atoms with Gasteiger partial charge in [0.2, 0.25) is 0 Å². The van der Waals surface area contributed by atoms with Crippen molar-refractivity contribution in [2.24, 2.45) is 5.92 Å². The van der Waals surface area contributed by atoms with Gasteiger partial charge in [-0.25, -0.2) is 4.39 Å². The number of ether oxygens (including phenoxy) is 1. The van der Waals surface area contributed by atoms with Gasteiger partial charge >= 0.3 is 5.97 Å². The summed E-state index contributed by atoms with van der Waals surface area (Å²) < 4.78 is 18.5. The number of carbonyl (C=O) groups is 1. The van der Waals surface area contributed by atoms with Crippen LogP contribution in [0.25, 0.3) is 0 Å². The monoisotopic (exact) mass is 279 g/mol. The smallest absolute Gasteiger partial charge is 0.313 e. The Morgan fingerprint density at radius 2 is 1.95 bits per heavy atom. The molecule has 110 valence electrons. The van der Waals surface area contributed by atoms with Crippen molar-refractivity contribution in [3.05, 3.63) is 29.6 Å². The van der Waals surface area contributed by atoms with Crippen molar-refractivity contribution in [1.29, 1.82) is 0 Å². The fourth-order valence-corrected chi connectivity index (χ4v) is 3.16. The number of hydrogen-bond donors (Lipinski definition) is 1. The summed E-state index contributed by atoms with van der Waals surface area (Å²) in [6.07, 6.45) is 6.54. The van der Waals surface area contributed by atoms with Gasteiger partial charge in [0.25, 0.3) is 0 Å². The molecule has 2 N–H and O–H groups in total. The first-order valence-corrected chi connectivity index (χ1v) is 7.26. The lowest BCUT2D eigenvalue weighted by Gasteiger charge is -2.25. The van der Waals surface area contributed by atoms with E-state index in [-0.39, 0.29) is 17.7 Å². The van der Waals surface area contributed by atoms with Crippen LogP contribution in [-0.4, -0.2) is 13.1 Å².